The van der Waals surface area contributed by atoms with Gasteiger partial charge in [0.05, 0.1) is 25.7 Å². The number of carbonyl (C=O) groups is 1. The van der Waals surface area contributed by atoms with Gasteiger partial charge >= 0.3 is 18.1 Å². The van der Waals surface area contributed by atoms with E-state index in [9.17, 15) is 26.7 Å². The maximum atomic E-state index is 13.0. The Bertz CT molecular complexity index is 1010. The van der Waals surface area contributed by atoms with Gasteiger partial charge in [0.25, 0.3) is 0 Å². The van der Waals surface area contributed by atoms with Gasteiger partial charge in [-0.3, -0.25) is 9.80 Å². The van der Waals surface area contributed by atoms with Crippen LogP contribution in [0.25, 0.3) is 0 Å². The van der Waals surface area contributed by atoms with Gasteiger partial charge in [0.2, 0.25) is 0 Å². The van der Waals surface area contributed by atoms with E-state index in [1.165, 1.54) is 7.11 Å². The van der Waals surface area contributed by atoms with Crippen LogP contribution in [0.1, 0.15) is 34.3 Å². The average molecular weight is 498 g/mol. The molecule has 0 aliphatic carbocycles. The minimum absolute atomic E-state index is 0.263. The van der Waals surface area contributed by atoms with Crippen LogP contribution in [0.2, 0.25) is 0 Å². The predicted molar refractivity (Wildman–Crippen MR) is 118 cm³/mol. The van der Waals surface area contributed by atoms with E-state index in [1.807, 2.05) is 24.3 Å². The summed E-state index contributed by atoms with van der Waals surface area (Å²) in [4.78, 5) is 16.4. The predicted octanol–water partition coefficient (Wildman–Crippen LogP) is 4.90. The maximum Gasteiger partial charge on any atom is 0.453 e. The van der Waals surface area contributed by atoms with Gasteiger partial charge < -0.3 is 9.47 Å². The molecule has 0 spiro atoms. The largest absolute Gasteiger partial charge is 0.493 e. The van der Waals surface area contributed by atoms with E-state index in [-0.39, 0.29) is 11.7 Å². The highest BCUT2D eigenvalue weighted by Crippen LogP contribution is 2.38. The number of alkyl halides is 5. The molecule has 2 bridgehead atoms. The quantitative estimate of drug-likeness (QED) is 0.364. The molecule has 2 aliphatic rings. The third-order valence-electron chi connectivity index (χ3n) is 6.64. The van der Waals surface area contributed by atoms with Crippen molar-refractivity contribution < 1.29 is 36.2 Å². The molecule has 2 saturated heterocycles. The third-order valence-corrected chi connectivity index (χ3v) is 6.64. The number of likely N-dealkylation sites (tertiary alicyclic amines) is 2. The zero-order valence-corrected chi connectivity index (χ0v) is 19.2. The molecule has 2 aromatic rings. The van der Waals surface area contributed by atoms with Crippen molar-refractivity contribution in [2.45, 2.75) is 50.1 Å². The van der Waals surface area contributed by atoms with Crippen LogP contribution in [-0.4, -0.2) is 66.8 Å². The fourth-order valence-corrected chi connectivity index (χ4v) is 4.68. The summed E-state index contributed by atoms with van der Waals surface area (Å²) in [5.74, 6) is -4.85. The van der Waals surface area contributed by atoms with Crippen LogP contribution in [0.5, 0.6) is 5.75 Å². The summed E-state index contributed by atoms with van der Waals surface area (Å²) in [6, 6.07) is 15.1. The van der Waals surface area contributed by atoms with Gasteiger partial charge in [-0.1, -0.05) is 24.3 Å². The molecule has 10 heteroatoms. The number of ether oxygens (including phenoxy) is 2. The Morgan fingerprint density at radius 1 is 0.886 bits per heavy atom. The van der Waals surface area contributed by atoms with E-state index in [2.05, 4.69) is 9.80 Å². The number of methoxy groups -OCH3 is 1. The summed E-state index contributed by atoms with van der Waals surface area (Å²) in [7, 11) is 1.36. The summed E-state index contributed by atoms with van der Waals surface area (Å²) in [5, 5.41) is 0. The first kappa shape index (κ1) is 25.4. The SMILES string of the molecule is COC(=O)c1ccc(CN2C[C@@H]3C[C@H]2CN3Cc2ccc(OCCC(F)(F)C(F)(F)F)cc2)cc1. The average Bonchev–Trinajstić information content (AvgIpc) is 3.39. The molecular formula is C25H27F5N2O3. The van der Waals surface area contributed by atoms with E-state index in [4.69, 9.17) is 9.47 Å². The molecule has 0 N–H and O–H groups in total. The standard InChI is InChI=1S/C25H27F5N2O3/c1-34-23(33)19-6-2-17(3-7-19)13-31-15-21-12-20(31)16-32(21)14-18-4-8-22(9-5-18)35-11-10-24(26,27)25(28,29)30/h2-9,20-21H,10-16H2,1H3/t20-,21-/m0/s1. The monoisotopic (exact) mass is 498 g/mol. The summed E-state index contributed by atoms with van der Waals surface area (Å²) >= 11 is 0. The lowest BCUT2D eigenvalue weighted by Crippen LogP contribution is -2.45. The molecule has 2 aliphatic heterocycles. The van der Waals surface area contributed by atoms with Gasteiger partial charge in [-0.2, -0.15) is 22.0 Å². The molecule has 2 fully saturated rings. The summed E-state index contributed by atoms with van der Waals surface area (Å²) < 4.78 is 72.4. The fraction of sp³-hybridized carbons (Fsp3) is 0.480. The van der Waals surface area contributed by atoms with E-state index >= 15 is 0 Å². The zero-order chi connectivity index (χ0) is 25.2. The maximum absolute atomic E-state index is 13.0. The molecule has 0 aromatic heterocycles. The summed E-state index contributed by atoms with van der Waals surface area (Å²) in [6.07, 6.45) is -5.91. The summed E-state index contributed by atoms with van der Waals surface area (Å²) in [5.41, 5.74) is 2.69. The second-order valence-corrected chi connectivity index (χ2v) is 9.04. The Balaban J connectivity index is 1.23. The first-order chi connectivity index (χ1) is 16.6. The molecule has 0 amide bonds. The molecule has 0 radical (unpaired) electrons. The van der Waals surface area contributed by atoms with Crippen molar-refractivity contribution in [3.8, 4) is 5.75 Å². The highest BCUT2D eigenvalue weighted by molar-refractivity contribution is 5.89. The number of rotatable bonds is 9. The Morgan fingerprint density at radius 2 is 1.40 bits per heavy atom. The van der Waals surface area contributed by atoms with Crippen LogP contribution in [-0.2, 0) is 17.8 Å². The first-order valence-corrected chi connectivity index (χ1v) is 11.4. The molecular weight excluding hydrogens is 471 g/mol. The minimum atomic E-state index is -5.57. The number of fused-ring (bicyclic) bond motifs is 2. The second kappa shape index (κ2) is 10.1. The van der Waals surface area contributed by atoms with Gasteiger partial charge in [-0.05, 0) is 41.8 Å². The molecule has 0 saturated carbocycles. The normalized spacial score (nSPS) is 20.9. The molecule has 2 heterocycles. The number of piperazine rings is 1. The highest BCUT2D eigenvalue weighted by atomic mass is 19.4. The van der Waals surface area contributed by atoms with Crippen molar-refractivity contribution in [3.05, 3.63) is 65.2 Å². The van der Waals surface area contributed by atoms with E-state index in [0.717, 1.165) is 43.7 Å². The van der Waals surface area contributed by atoms with Gasteiger partial charge in [0, 0.05) is 38.3 Å². The number of hydrogen-bond donors (Lipinski definition) is 0. The molecule has 5 nitrogen and oxygen atoms in total. The molecule has 190 valence electrons. The number of hydrogen-bond acceptors (Lipinski definition) is 5. The van der Waals surface area contributed by atoms with Crippen molar-refractivity contribution in [1.82, 2.24) is 9.80 Å². The second-order valence-electron chi connectivity index (χ2n) is 9.04. The van der Waals surface area contributed by atoms with Crippen LogP contribution >= 0.6 is 0 Å². The zero-order valence-electron chi connectivity index (χ0n) is 19.2. The Morgan fingerprint density at radius 3 is 1.86 bits per heavy atom. The third kappa shape index (κ3) is 5.92. The minimum Gasteiger partial charge on any atom is -0.493 e. The Labute approximate surface area is 200 Å². The van der Waals surface area contributed by atoms with Crippen LogP contribution < -0.4 is 4.74 Å². The number of nitrogens with zero attached hydrogens (tertiary/aromatic N) is 2. The van der Waals surface area contributed by atoms with E-state index in [0.29, 0.717) is 17.6 Å². The van der Waals surface area contributed by atoms with Gasteiger partial charge in [0.1, 0.15) is 5.75 Å². The smallest absolute Gasteiger partial charge is 0.453 e. The number of halogens is 5. The van der Waals surface area contributed by atoms with Crippen LogP contribution in [0.15, 0.2) is 48.5 Å². The lowest BCUT2D eigenvalue weighted by molar-refractivity contribution is -0.285. The molecule has 0 unspecified atom stereocenters. The van der Waals surface area contributed by atoms with Crippen molar-refractivity contribution in [2.75, 3.05) is 26.8 Å². The van der Waals surface area contributed by atoms with E-state index in [1.54, 1.807) is 24.3 Å². The Kier molecular flexibility index (Phi) is 7.32. The summed E-state index contributed by atoms with van der Waals surface area (Å²) in [6.45, 7) is 2.70. The topological polar surface area (TPSA) is 42.0 Å². The lowest BCUT2D eigenvalue weighted by atomic mass is 10.1. The number of carbonyl (C=O) groups excluding carboxylic acids is 1. The van der Waals surface area contributed by atoms with Gasteiger partial charge in [0.15, 0.2) is 0 Å². The number of esters is 1. The van der Waals surface area contributed by atoms with Crippen molar-refractivity contribution in [1.29, 1.82) is 0 Å². The number of benzene rings is 2. The highest BCUT2D eigenvalue weighted by Gasteiger charge is 2.56. The van der Waals surface area contributed by atoms with Crippen LogP contribution in [0.3, 0.4) is 0 Å². The molecule has 2 atom stereocenters. The molecule has 35 heavy (non-hydrogen) atoms. The van der Waals surface area contributed by atoms with E-state index < -0.39 is 25.1 Å². The molecule has 4 rings (SSSR count). The Hall–Kier alpha value is -2.72. The first-order valence-electron chi connectivity index (χ1n) is 11.4. The van der Waals surface area contributed by atoms with Gasteiger partial charge in [-0.15, -0.1) is 0 Å². The van der Waals surface area contributed by atoms with Gasteiger partial charge in [-0.25, -0.2) is 4.79 Å². The fourth-order valence-electron chi connectivity index (χ4n) is 4.68. The molecule has 2 aromatic carbocycles. The van der Waals surface area contributed by atoms with Crippen LogP contribution in [0.4, 0.5) is 22.0 Å². The van der Waals surface area contributed by atoms with Crippen molar-refractivity contribution in [3.63, 3.8) is 0 Å². The van der Waals surface area contributed by atoms with Crippen molar-refractivity contribution >= 4 is 5.97 Å². The van der Waals surface area contributed by atoms with Crippen molar-refractivity contribution in [2.24, 2.45) is 0 Å². The van der Waals surface area contributed by atoms with Crippen LogP contribution in [0, 0.1) is 0 Å². The lowest BCUT2D eigenvalue weighted by Gasteiger charge is -2.34.